The number of carbonyl (C=O) groups is 2. The lowest BCUT2D eigenvalue weighted by Crippen LogP contribution is -2.29. The standard InChI is InChI=1S/C22H20ClN3O4/c1-14(2)30-22(29)16-5-9-18(10-6-16)24-20(27)13-26-21(28)12-11-19(25-26)15-3-7-17(23)8-4-15/h3-12,14H,13H2,1-2H3,(H,24,27). The van der Waals surface area contributed by atoms with Crippen molar-refractivity contribution >= 4 is 29.2 Å². The minimum absolute atomic E-state index is 0.216. The van der Waals surface area contributed by atoms with Crippen LogP contribution in [0.15, 0.2) is 65.5 Å². The van der Waals surface area contributed by atoms with Crippen LogP contribution in [0.2, 0.25) is 5.02 Å². The first-order chi connectivity index (χ1) is 14.3. The summed E-state index contributed by atoms with van der Waals surface area (Å²) in [5, 5.41) is 7.53. The van der Waals surface area contributed by atoms with Gasteiger partial charge in [-0.3, -0.25) is 9.59 Å². The topological polar surface area (TPSA) is 90.3 Å². The number of hydrogen-bond acceptors (Lipinski definition) is 5. The van der Waals surface area contributed by atoms with Crippen LogP contribution < -0.4 is 10.9 Å². The number of rotatable bonds is 6. The van der Waals surface area contributed by atoms with Crippen molar-refractivity contribution in [3.05, 3.63) is 81.6 Å². The van der Waals surface area contributed by atoms with Crippen LogP contribution >= 0.6 is 11.6 Å². The zero-order valence-electron chi connectivity index (χ0n) is 16.5. The zero-order valence-corrected chi connectivity index (χ0v) is 17.2. The number of esters is 1. The molecule has 0 spiro atoms. The lowest BCUT2D eigenvalue weighted by molar-refractivity contribution is -0.117. The van der Waals surface area contributed by atoms with Crippen molar-refractivity contribution in [2.75, 3.05) is 5.32 Å². The van der Waals surface area contributed by atoms with Gasteiger partial charge in [0.1, 0.15) is 6.54 Å². The maximum absolute atomic E-state index is 12.4. The highest BCUT2D eigenvalue weighted by atomic mass is 35.5. The highest BCUT2D eigenvalue weighted by Gasteiger charge is 2.11. The predicted octanol–water partition coefficient (Wildman–Crippen LogP) is 3.77. The predicted molar refractivity (Wildman–Crippen MR) is 115 cm³/mol. The van der Waals surface area contributed by atoms with Gasteiger partial charge in [-0.15, -0.1) is 0 Å². The number of ether oxygens (including phenoxy) is 1. The summed E-state index contributed by atoms with van der Waals surface area (Å²) in [5.41, 5.74) is 1.80. The fourth-order valence-electron chi connectivity index (χ4n) is 2.65. The molecule has 1 heterocycles. The molecule has 1 N–H and O–H groups in total. The second-order valence-electron chi connectivity index (χ2n) is 6.80. The summed E-state index contributed by atoms with van der Waals surface area (Å²) in [6, 6.07) is 16.3. The number of hydrogen-bond donors (Lipinski definition) is 1. The lowest BCUT2D eigenvalue weighted by Gasteiger charge is -2.10. The number of nitrogens with zero attached hydrogens (tertiary/aromatic N) is 2. The quantitative estimate of drug-likeness (QED) is 0.607. The summed E-state index contributed by atoms with van der Waals surface area (Å²) in [7, 11) is 0. The molecule has 30 heavy (non-hydrogen) atoms. The molecule has 2 aromatic carbocycles. The van der Waals surface area contributed by atoms with Crippen LogP contribution in [0.3, 0.4) is 0 Å². The van der Waals surface area contributed by atoms with E-state index in [1.807, 2.05) is 0 Å². The number of halogens is 1. The molecule has 0 radical (unpaired) electrons. The Morgan fingerprint density at radius 3 is 2.33 bits per heavy atom. The van der Waals surface area contributed by atoms with E-state index in [1.54, 1.807) is 68.4 Å². The maximum atomic E-state index is 12.4. The smallest absolute Gasteiger partial charge is 0.338 e. The van der Waals surface area contributed by atoms with Gasteiger partial charge in [-0.2, -0.15) is 5.10 Å². The summed E-state index contributed by atoms with van der Waals surface area (Å²) >= 11 is 5.90. The number of benzene rings is 2. The Morgan fingerprint density at radius 1 is 1.03 bits per heavy atom. The molecule has 0 saturated heterocycles. The molecule has 0 saturated carbocycles. The highest BCUT2D eigenvalue weighted by Crippen LogP contribution is 2.18. The van der Waals surface area contributed by atoms with E-state index in [9.17, 15) is 14.4 Å². The Bertz CT molecular complexity index is 1110. The molecule has 8 heteroatoms. The van der Waals surface area contributed by atoms with E-state index in [0.29, 0.717) is 22.0 Å². The first-order valence-corrected chi connectivity index (χ1v) is 9.64. The SMILES string of the molecule is CC(C)OC(=O)c1ccc(NC(=O)Cn2nc(-c3ccc(Cl)cc3)ccc2=O)cc1. The Hall–Kier alpha value is -3.45. The Balaban J connectivity index is 1.69. The van der Waals surface area contributed by atoms with Crippen molar-refractivity contribution < 1.29 is 14.3 Å². The summed E-state index contributed by atoms with van der Waals surface area (Å²) < 4.78 is 6.21. The van der Waals surface area contributed by atoms with Crippen LogP contribution in [0.25, 0.3) is 11.3 Å². The van der Waals surface area contributed by atoms with Crippen molar-refractivity contribution in [3.63, 3.8) is 0 Å². The first kappa shape index (κ1) is 21.3. The van der Waals surface area contributed by atoms with Crippen molar-refractivity contribution in [3.8, 4) is 11.3 Å². The largest absolute Gasteiger partial charge is 0.459 e. The van der Waals surface area contributed by atoms with Gasteiger partial charge in [0, 0.05) is 22.3 Å². The molecule has 0 aliphatic carbocycles. The van der Waals surface area contributed by atoms with Gasteiger partial charge in [0.25, 0.3) is 5.56 Å². The molecule has 0 fully saturated rings. The van der Waals surface area contributed by atoms with Crippen LogP contribution in [0.5, 0.6) is 0 Å². The fraction of sp³-hybridized carbons (Fsp3) is 0.182. The van der Waals surface area contributed by atoms with Crippen molar-refractivity contribution in [2.45, 2.75) is 26.5 Å². The van der Waals surface area contributed by atoms with Gasteiger partial charge in [0.15, 0.2) is 0 Å². The molecule has 3 aromatic rings. The van der Waals surface area contributed by atoms with E-state index in [4.69, 9.17) is 16.3 Å². The molecule has 7 nitrogen and oxygen atoms in total. The Labute approximate surface area is 178 Å². The highest BCUT2D eigenvalue weighted by molar-refractivity contribution is 6.30. The minimum atomic E-state index is -0.433. The summed E-state index contributed by atoms with van der Waals surface area (Å²) in [6.45, 7) is 3.28. The Kier molecular flexibility index (Phi) is 6.64. The van der Waals surface area contributed by atoms with Gasteiger partial charge in [-0.25, -0.2) is 9.48 Å². The van der Waals surface area contributed by atoms with Gasteiger partial charge in [-0.1, -0.05) is 23.7 Å². The minimum Gasteiger partial charge on any atom is -0.459 e. The van der Waals surface area contributed by atoms with E-state index in [-0.39, 0.29) is 12.6 Å². The van der Waals surface area contributed by atoms with Gasteiger partial charge >= 0.3 is 5.97 Å². The molecule has 154 valence electrons. The average Bonchev–Trinajstić information content (AvgIpc) is 2.70. The monoisotopic (exact) mass is 425 g/mol. The van der Waals surface area contributed by atoms with Crippen LogP contribution in [0, 0.1) is 0 Å². The van der Waals surface area contributed by atoms with E-state index < -0.39 is 17.4 Å². The van der Waals surface area contributed by atoms with E-state index >= 15 is 0 Å². The van der Waals surface area contributed by atoms with E-state index in [2.05, 4.69) is 10.4 Å². The second kappa shape index (κ2) is 9.37. The summed E-state index contributed by atoms with van der Waals surface area (Å²) in [6.07, 6.45) is -0.216. The van der Waals surface area contributed by atoms with Gasteiger partial charge in [0.05, 0.1) is 17.4 Å². The Morgan fingerprint density at radius 2 is 1.70 bits per heavy atom. The second-order valence-corrected chi connectivity index (χ2v) is 7.24. The van der Waals surface area contributed by atoms with Crippen molar-refractivity contribution in [1.82, 2.24) is 9.78 Å². The molecule has 0 bridgehead atoms. The number of carbonyl (C=O) groups excluding carboxylic acids is 2. The molecule has 1 aromatic heterocycles. The van der Waals surface area contributed by atoms with E-state index in [0.717, 1.165) is 10.2 Å². The third kappa shape index (κ3) is 5.55. The average molecular weight is 426 g/mol. The normalized spacial score (nSPS) is 10.7. The van der Waals surface area contributed by atoms with Crippen LogP contribution in [0.4, 0.5) is 5.69 Å². The third-order valence-electron chi connectivity index (χ3n) is 4.05. The maximum Gasteiger partial charge on any atom is 0.338 e. The molecular formula is C22H20ClN3O4. The molecule has 0 aliphatic rings. The molecule has 0 aliphatic heterocycles. The van der Waals surface area contributed by atoms with Crippen molar-refractivity contribution in [2.24, 2.45) is 0 Å². The first-order valence-electron chi connectivity index (χ1n) is 9.27. The van der Waals surface area contributed by atoms with Crippen LogP contribution in [-0.2, 0) is 16.1 Å². The number of nitrogens with one attached hydrogen (secondary N) is 1. The fourth-order valence-corrected chi connectivity index (χ4v) is 2.77. The number of amides is 1. The van der Waals surface area contributed by atoms with E-state index in [1.165, 1.54) is 6.07 Å². The van der Waals surface area contributed by atoms with Crippen LogP contribution in [-0.4, -0.2) is 27.8 Å². The third-order valence-corrected chi connectivity index (χ3v) is 4.30. The molecule has 3 rings (SSSR count). The summed E-state index contributed by atoms with van der Waals surface area (Å²) in [4.78, 5) is 36.3. The van der Waals surface area contributed by atoms with Gasteiger partial charge in [0.2, 0.25) is 5.91 Å². The molecular weight excluding hydrogens is 406 g/mol. The summed E-state index contributed by atoms with van der Waals surface area (Å²) in [5.74, 6) is -0.854. The number of aromatic nitrogens is 2. The van der Waals surface area contributed by atoms with Crippen LogP contribution in [0.1, 0.15) is 24.2 Å². The molecule has 1 amide bonds. The van der Waals surface area contributed by atoms with Gasteiger partial charge in [-0.05, 0) is 56.3 Å². The zero-order chi connectivity index (χ0) is 21.7. The molecule has 0 unspecified atom stereocenters. The van der Waals surface area contributed by atoms with Crippen molar-refractivity contribution in [1.29, 1.82) is 0 Å². The lowest BCUT2D eigenvalue weighted by atomic mass is 10.1. The van der Waals surface area contributed by atoms with Gasteiger partial charge < -0.3 is 10.1 Å². The number of anilines is 1. The molecule has 0 atom stereocenters.